The highest BCUT2D eigenvalue weighted by atomic mass is 19.4. The number of hydrogen-bond acceptors (Lipinski definition) is 1. The Morgan fingerprint density at radius 1 is 0.424 bits per heavy atom. The number of carbonyl (C=O) groups excluding carboxylic acids is 1. The highest BCUT2D eigenvalue weighted by molar-refractivity contribution is 5.86. The van der Waals surface area contributed by atoms with Gasteiger partial charge in [-0.25, -0.2) is 0 Å². The lowest BCUT2D eigenvalue weighted by molar-refractivity contribution is -0.467. The number of amides is 1. The number of carbonyl (C=O) groups is 1. The Morgan fingerprint density at radius 3 is 0.909 bits per heavy atom. The summed E-state index contributed by atoms with van der Waals surface area (Å²) in [6.07, 6.45) is -7.92. The van der Waals surface area contributed by atoms with Crippen LogP contribution in [-0.2, 0) is 4.79 Å². The van der Waals surface area contributed by atoms with E-state index in [-0.39, 0.29) is 0 Å². The standard InChI is InChI=1S/C12H4F19NO/c13-4(14,3(33)32-1-2-32)5(15,16)6(17,18)7(19,20)8(21,22)9(23,24)10(25,26)11(27,28)12(29,30)31/h1-2H2. The fraction of sp³-hybridized carbons (Fsp3) is 0.917. The molecule has 21 heteroatoms. The first-order chi connectivity index (χ1) is 14.0. The van der Waals surface area contributed by atoms with Gasteiger partial charge in [-0.1, -0.05) is 0 Å². The van der Waals surface area contributed by atoms with E-state index in [1.165, 1.54) is 0 Å². The molecule has 0 saturated carbocycles. The van der Waals surface area contributed by atoms with E-state index < -0.39 is 77.5 Å². The molecule has 1 aliphatic rings. The van der Waals surface area contributed by atoms with Crippen molar-refractivity contribution in [1.82, 2.24) is 4.90 Å². The molecule has 0 atom stereocenters. The minimum atomic E-state index is -8.98. The van der Waals surface area contributed by atoms with Crippen molar-refractivity contribution in [3.05, 3.63) is 0 Å². The van der Waals surface area contributed by atoms with E-state index in [9.17, 15) is 88.2 Å². The van der Waals surface area contributed by atoms with Crippen LogP contribution in [0.25, 0.3) is 0 Å². The second-order valence-corrected chi connectivity index (χ2v) is 6.39. The van der Waals surface area contributed by atoms with Gasteiger partial charge in [-0.3, -0.25) is 4.79 Å². The summed E-state index contributed by atoms with van der Waals surface area (Å²) in [5.74, 6) is -71.1. The largest absolute Gasteiger partial charge is 0.460 e. The molecule has 0 unspecified atom stereocenters. The number of halogens is 19. The number of rotatable bonds is 8. The molecule has 2 nitrogen and oxygen atoms in total. The van der Waals surface area contributed by atoms with Crippen molar-refractivity contribution in [3.63, 3.8) is 0 Å². The van der Waals surface area contributed by atoms with Crippen molar-refractivity contribution < 1.29 is 88.2 Å². The Bertz CT molecular complexity index is 776. The molecule has 1 aliphatic heterocycles. The first-order valence-corrected chi connectivity index (χ1v) is 7.40. The summed E-state index contributed by atoms with van der Waals surface area (Å²) in [5.41, 5.74) is 0. The molecule has 0 aromatic heterocycles. The van der Waals surface area contributed by atoms with Gasteiger partial charge in [-0.05, 0) is 0 Å². The van der Waals surface area contributed by atoms with E-state index >= 15 is 0 Å². The lowest BCUT2D eigenvalue weighted by Gasteiger charge is -2.43. The van der Waals surface area contributed by atoms with Gasteiger partial charge < -0.3 is 4.90 Å². The Hall–Kier alpha value is -1.86. The molecule has 1 fully saturated rings. The SMILES string of the molecule is O=C(N1CC1)C(F)(F)C(F)(F)C(F)(F)C(F)(F)C(F)(F)C(F)(F)C(F)(F)C(F)(F)C(F)(F)F. The van der Waals surface area contributed by atoms with E-state index in [1.54, 1.807) is 0 Å². The molecule has 0 radical (unpaired) electrons. The van der Waals surface area contributed by atoms with Gasteiger partial charge in [0, 0.05) is 13.1 Å². The Morgan fingerprint density at radius 2 is 0.667 bits per heavy atom. The molecule has 1 amide bonds. The molecule has 1 saturated heterocycles. The summed E-state index contributed by atoms with van der Waals surface area (Å²) in [6, 6.07) is 0. The van der Waals surface area contributed by atoms with Crippen molar-refractivity contribution in [2.24, 2.45) is 0 Å². The van der Waals surface area contributed by atoms with Crippen LogP contribution in [0, 0.1) is 0 Å². The van der Waals surface area contributed by atoms with Gasteiger partial charge in [0.15, 0.2) is 0 Å². The molecular weight excluding hydrogens is 535 g/mol. The zero-order valence-corrected chi connectivity index (χ0v) is 14.5. The zero-order valence-electron chi connectivity index (χ0n) is 14.5. The molecule has 0 bridgehead atoms. The Kier molecular flexibility index (Phi) is 6.26. The zero-order chi connectivity index (χ0) is 27.1. The van der Waals surface area contributed by atoms with Crippen molar-refractivity contribution in [2.45, 2.75) is 53.6 Å². The summed E-state index contributed by atoms with van der Waals surface area (Å²) < 4.78 is 247. The smallest absolute Gasteiger partial charge is 0.334 e. The lowest BCUT2D eigenvalue weighted by atomic mass is 9.87. The molecule has 0 aliphatic carbocycles. The Balaban J connectivity index is 3.68. The van der Waals surface area contributed by atoms with Crippen LogP contribution in [0.15, 0.2) is 0 Å². The third-order valence-electron chi connectivity index (χ3n) is 4.12. The van der Waals surface area contributed by atoms with Gasteiger partial charge in [-0.15, -0.1) is 0 Å². The third kappa shape index (κ3) is 3.45. The second-order valence-electron chi connectivity index (χ2n) is 6.39. The normalized spacial score (nSPS) is 18.0. The second kappa shape index (κ2) is 7.08. The summed E-state index contributed by atoms with van der Waals surface area (Å²) in [7, 11) is 0. The van der Waals surface area contributed by atoms with Crippen molar-refractivity contribution in [3.8, 4) is 0 Å². The topological polar surface area (TPSA) is 20.1 Å². The average molecular weight is 539 g/mol. The van der Waals surface area contributed by atoms with E-state index in [2.05, 4.69) is 0 Å². The highest BCUT2D eigenvalue weighted by Crippen LogP contribution is 2.65. The molecule has 0 spiro atoms. The molecule has 196 valence electrons. The summed E-state index contributed by atoms with van der Waals surface area (Å²) >= 11 is 0. The Labute approximate surface area is 167 Å². The van der Waals surface area contributed by atoms with Gasteiger partial charge >= 0.3 is 53.6 Å². The minimum Gasteiger partial charge on any atom is -0.334 e. The monoisotopic (exact) mass is 539 g/mol. The lowest BCUT2D eigenvalue weighted by Crippen LogP contribution is -2.76. The highest BCUT2D eigenvalue weighted by Gasteiger charge is 2.97. The number of alkyl halides is 19. The number of nitrogens with zero attached hydrogens (tertiary/aromatic N) is 1. The maximum absolute atomic E-state index is 13.4. The van der Waals surface area contributed by atoms with Gasteiger partial charge in [0.2, 0.25) is 0 Å². The minimum absolute atomic E-state index is 0.479. The van der Waals surface area contributed by atoms with Crippen LogP contribution in [0.2, 0.25) is 0 Å². The average Bonchev–Trinajstić information content (AvgIpc) is 3.43. The van der Waals surface area contributed by atoms with Crippen LogP contribution < -0.4 is 0 Å². The fourth-order valence-corrected chi connectivity index (χ4v) is 1.95. The first kappa shape index (κ1) is 29.2. The van der Waals surface area contributed by atoms with Crippen LogP contribution in [0.3, 0.4) is 0 Å². The molecule has 33 heavy (non-hydrogen) atoms. The maximum Gasteiger partial charge on any atom is 0.460 e. The van der Waals surface area contributed by atoms with Crippen LogP contribution in [0.4, 0.5) is 83.4 Å². The van der Waals surface area contributed by atoms with Crippen molar-refractivity contribution in [2.75, 3.05) is 13.1 Å². The van der Waals surface area contributed by atoms with Crippen LogP contribution in [0.5, 0.6) is 0 Å². The van der Waals surface area contributed by atoms with Crippen LogP contribution in [0.1, 0.15) is 0 Å². The van der Waals surface area contributed by atoms with Gasteiger partial charge in [0.1, 0.15) is 0 Å². The van der Waals surface area contributed by atoms with Crippen molar-refractivity contribution in [1.29, 1.82) is 0 Å². The van der Waals surface area contributed by atoms with Crippen molar-refractivity contribution >= 4 is 5.91 Å². The predicted octanol–water partition coefficient (Wildman–Crippen LogP) is 5.47. The maximum atomic E-state index is 13.4. The van der Waals surface area contributed by atoms with Crippen LogP contribution >= 0.6 is 0 Å². The molecule has 0 aromatic rings. The fourth-order valence-electron chi connectivity index (χ4n) is 1.95. The first-order valence-electron chi connectivity index (χ1n) is 7.40. The molecule has 0 aromatic carbocycles. The molecular formula is C12H4F19NO. The van der Waals surface area contributed by atoms with Gasteiger partial charge in [-0.2, -0.15) is 83.4 Å². The third-order valence-corrected chi connectivity index (χ3v) is 4.12. The van der Waals surface area contributed by atoms with Gasteiger partial charge in [0.25, 0.3) is 5.91 Å². The van der Waals surface area contributed by atoms with Gasteiger partial charge in [0.05, 0.1) is 0 Å². The quantitative estimate of drug-likeness (QED) is 0.296. The van der Waals surface area contributed by atoms with Crippen LogP contribution in [-0.4, -0.2) is 77.5 Å². The van der Waals surface area contributed by atoms with E-state index in [4.69, 9.17) is 0 Å². The predicted molar refractivity (Wildman–Crippen MR) is 62.2 cm³/mol. The van der Waals surface area contributed by atoms with E-state index in [1.807, 2.05) is 0 Å². The molecule has 0 N–H and O–H groups in total. The van der Waals surface area contributed by atoms with E-state index in [0.717, 1.165) is 0 Å². The molecule has 1 rings (SSSR count). The summed E-state index contributed by atoms with van der Waals surface area (Å²) in [4.78, 5) is 10.5. The number of hydrogen-bond donors (Lipinski definition) is 0. The summed E-state index contributed by atoms with van der Waals surface area (Å²) in [5, 5.41) is 0. The van der Waals surface area contributed by atoms with E-state index in [0.29, 0.717) is 0 Å². The molecule has 1 heterocycles. The summed E-state index contributed by atoms with van der Waals surface area (Å²) in [6.45, 7) is -1.78.